The number of hydrogen-bond acceptors (Lipinski definition) is 5. The van der Waals surface area contributed by atoms with Crippen LogP contribution in [0.4, 0.5) is 0 Å². The van der Waals surface area contributed by atoms with Crippen molar-refractivity contribution in [3.63, 3.8) is 0 Å². The summed E-state index contributed by atoms with van der Waals surface area (Å²) in [7, 11) is 0. The van der Waals surface area contributed by atoms with E-state index in [1.807, 2.05) is 40.9 Å². The van der Waals surface area contributed by atoms with Crippen molar-refractivity contribution in [2.45, 2.75) is 57.7 Å². The summed E-state index contributed by atoms with van der Waals surface area (Å²) in [6.07, 6.45) is 5.93. The number of carbonyl (C=O) groups excluding carboxylic acids is 2. The third kappa shape index (κ3) is 3.19. The third-order valence-electron chi connectivity index (χ3n) is 7.85. The minimum atomic E-state index is 0.0780. The number of carbonyl (C=O) groups is 2. The van der Waals surface area contributed by atoms with E-state index in [0.717, 1.165) is 49.4 Å². The lowest BCUT2D eigenvalue weighted by Gasteiger charge is -2.27. The van der Waals surface area contributed by atoms with Crippen LogP contribution in [0.1, 0.15) is 47.3 Å². The van der Waals surface area contributed by atoms with E-state index in [1.54, 1.807) is 0 Å². The zero-order valence-electron chi connectivity index (χ0n) is 18.4. The molecular weight excluding hydrogens is 406 g/mol. The molecule has 2 amide bonds. The smallest absolute Gasteiger partial charge is 0.254 e. The Morgan fingerprint density at radius 3 is 2.62 bits per heavy atom. The maximum atomic E-state index is 13.3. The van der Waals surface area contributed by atoms with E-state index in [0.29, 0.717) is 43.4 Å². The van der Waals surface area contributed by atoms with Gasteiger partial charge in [0.2, 0.25) is 5.91 Å². The van der Waals surface area contributed by atoms with Crippen LogP contribution in [0.15, 0.2) is 24.4 Å². The molecule has 0 saturated carbocycles. The molecule has 6 heterocycles. The standard InChI is InChI=1S/C24H29N5O3/c1-15-3-4-16-11-22(15)32-10-2-9-28-12-17(25-26-28)5-8-23(30)29-20-6-7-21(29)19-14-27(24(16)31)13-18(19)20/h3-4,11-12,18-21H,2,5-10,13-14H2,1H3/t18-,19+,20-,21+. The lowest BCUT2D eigenvalue weighted by Crippen LogP contribution is -2.41. The van der Waals surface area contributed by atoms with Crippen LogP contribution in [0.25, 0.3) is 0 Å². The highest BCUT2D eigenvalue weighted by Crippen LogP contribution is 2.49. The molecule has 5 aliphatic heterocycles. The Morgan fingerprint density at radius 2 is 1.84 bits per heavy atom. The zero-order chi connectivity index (χ0) is 21.8. The highest BCUT2D eigenvalue weighted by atomic mass is 16.5. The van der Waals surface area contributed by atoms with E-state index in [9.17, 15) is 9.59 Å². The second-order valence-electron chi connectivity index (χ2n) is 9.71. The average Bonchev–Trinajstić information content (AvgIpc) is 3.56. The van der Waals surface area contributed by atoms with Crippen LogP contribution in [0.5, 0.6) is 5.75 Å². The monoisotopic (exact) mass is 435 g/mol. The van der Waals surface area contributed by atoms with E-state index in [2.05, 4.69) is 15.2 Å². The van der Waals surface area contributed by atoms with Gasteiger partial charge in [-0.1, -0.05) is 11.3 Å². The summed E-state index contributed by atoms with van der Waals surface area (Å²) in [6.45, 7) is 4.73. The Morgan fingerprint density at radius 1 is 1.06 bits per heavy atom. The Labute approximate surface area is 187 Å². The molecule has 8 nitrogen and oxygen atoms in total. The number of rotatable bonds is 0. The van der Waals surface area contributed by atoms with Gasteiger partial charge in [0.1, 0.15) is 5.75 Å². The minimum Gasteiger partial charge on any atom is -0.493 e. The number of aryl methyl sites for hydroxylation is 3. The topological polar surface area (TPSA) is 80.6 Å². The molecule has 0 radical (unpaired) electrons. The Balaban J connectivity index is 1.30. The number of ether oxygens (including phenoxy) is 1. The summed E-state index contributed by atoms with van der Waals surface area (Å²) in [6, 6.07) is 6.30. The fraction of sp³-hybridized carbons (Fsp3) is 0.583. The van der Waals surface area contributed by atoms with Gasteiger partial charge in [-0.25, -0.2) is 0 Å². The van der Waals surface area contributed by atoms with Crippen LogP contribution >= 0.6 is 0 Å². The molecule has 0 N–H and O–H groups in total. The first-order valence-corrected chi connectivity index (χ1v) is 11.8. The number of amides is 2. The molecule has 10 bridgehead atoms. The maximum absolute atomic E-state index is 13.3. The van der Waals surface area contributed by atoms with Crippen molar-refractivity contribution in [2.75, 3.05) is 19.7 Å². The summed E-state index contributed by atoms with van der Waals surface area (Å²) < 4.78 is 7.84. The maximum Gasteiger partial charge on any atom is 0.254 e. The van der Waals surface area contributed by atoms with Crippen molar-refractivity contribution in [3.8, 4) is 5.75 Å². The normalized spacial score (nSPS) is 29.8. The first kappa shape index (κ1) is 19.8. The highest BCUT2D eigenvalue weighted by molar-refractivity contribution is 5.95. The van der Waals surface area contributed by atoms with Crippen molar-refractivity contribution in [1.29, 1.82) is 0 Å². The quantitative estimate of drug-likeness (QED) is 0.633. The zero-order valence-corrected chi connectivity index (χ0v) is 18.4. The lowest BCUT2D eigenvalue weighted by molar-refractivity contribution is -0.133. The molecule has 3 saturated heterocycles. The molecule has 4 atom stereocenters. The lowest BCUT2D eigenvalue weighted by atomic mass is 9.82. The molecule has 7 rings (SSSR count). The largest absolute Gasteiger partial charge is 0.493 e. The van der Waals surface area contributed by atoms with E-state index in [1.165, 1.54) is 0 Å². The second-order valence-corrected chi connectivity index (χ2v) is 9.71. The molecule has 3 fully saturated rings. The SMILES string of the molecule is Cc1ccc2cc1OCCCn1cc(nn1)CCC(=O)N1[C@@H]3CC[C@H]1[C@H]1CN(C[C@H]13)C2=O. The summed E-state index contributed by atoms with van der Waals surface area (Å²) in [5.41, 5.74) is 2.58. The van der Waals surface area contributed by atoms with Gasteiger partial charge in [0.25, 0.3) is 5.91 Å². The van der Waals surface area contributed by atoms with Gasteiger partial charge >= 0.3 is 0 Å². The first-order valence-electron chi connectivity index (χ1n) is 11.8. The Bertz CT molecular complexity index is 1050. The van der Waals surface area contributed by atoms with Crippen molar-refractivity contribution >= 4 is 11.8 Å². The molecular formula is C24H29N5O3. The molecule has 0 unspecified atom stereocenters. The van der Waals surface area contributed by atoms with E-state index < -0.39 is 0 Å². The molecule has 2 aromatic rings. The predicted molar refractivity (Wildman–Crippen MR) is 116 cm³/mol. The molecule has 168 valence electrons. The number of fused-ring (bicyclic) bond motifs is 5. The molecule has 8 heteroatoms. The number of nitrogens with zero attached hydrogens (tertiary/aromatic N) is 5. The number of hydrogen-bond donors (Lipinski definition) is 0. The predicted octanol–water partition coefficient (Wildman–Crippen LogP) is 2.06. The van der Waals surface area contributed by atoms with Gasteiger partial charge in [-0.15, -0.1) is 5.10 Å². The molecule has 0 spiro atoms. The van der Waals surface area contributed by atoms with E-state index >= 15 is 0 Å². The Kier molecular flexibility index (Phi) is 4.69. The second kappa shape index (κ2) is 7.60. The summed E-state index contributed by atoms with van der Waals surface area (Å²) in [5, 5.41) is 8.47. The molecule has 1 aromatic heterocycles. The van der Waals surface area contributed by atoms with Gasteiger partial charge < -0.3 is 14.5 Å². The van der Waals surface area contributed by atoms with Gasteiger partial charge in [0.15, 0.2) is 0 Å². The first-order chi connectivity index (χ1) is 15.6. The Hall–Kier alpha value is -2.90. The average molecular weight is 436 g/mol. The van der Waals surface area contributed by atoms with Crippen molar-refractivity contribution < 1.29 is 14.3 Å². The van der Waals surface area contributed by atoms with Crippen molar-refractivity contribution in [1.82, 2.24) is 24.8 Å². The van der Waals surface area contributed by atoms with E-state index in [4.69, 9.17) is 4.74 Å². The summed E-state index contributed by atoms with van der Waals surface area (Å²) in [4.78, 5) is 30.6. The molecule has 0 aliphatic carbocycles. The molecule has 1 aromatic carbocycles. The van der Waals surface area contributed by atoms with Crippen molar-refractivity contribution in [3.05, 3.63) is 41.2 Å². The van der Waals surface area contributed by atoms with Gasteiger partial charge in [0, 0.05) is 74.6 Å². The van der Waals surface area contributed by atoms with Gasteiger partial charge in [-0.3, -0.25) is 14.3 Å². The van der Waals surface area contributed by atoms with Crippen LogP contribution in [-0.2, 0) is 17.8 Å². The van der Waals surface area contributed by atoms with Gasteiger partial charge in [-0.2, -0.15) is 0 Å². The highest BCUT2D eigenvalue weighted by Gasteiger charge is 2.58. The van der Waals surface area contributed by atoms with Crippen LogP contribution in [0.2, 0.25) is 0 Å². The summed E-state index contributed by atoms with van der Waals surface area (Å²) >= 11 is 0. The number of aromatic nitrogens is 3. The van der Waals surface area contributed by atoms with Crippen molar-refractivity contribution in [2.24, 2.45) is 11.8 Å². The van der Waals surface area contributed by atoms with Crippen LogP contribution < -0.4 is 4.74 Å². The number of benzene rings is 1. The fourth-order valence-corrected chi connectivity index (χ4v) is 6.32. The third-order valence-corrected chi connectivity index (χ3v) is 7.85. The summed E-state index contributed by atoms with van der Waals surface area (Å²) in [5.74, 6) is 1.86. The van der Waals surface area contributed by atoms with Crippen LogP contribution in [0.3, 0.4) is 0 Å². The van der Waals surface area contributed by atoms with Gasteiger partial charge in [-0.05, 0) is 37.5 Å². The molecule has 5 aliphatic rings. The van der Waals surface area contributed by atoms with E-state index in [-0.39, 0.29) is 23.9 Å². The fourth-order valence-electron chi connectivity index (χ4n) is 6.32. The van der Waals surface area contributed by atoms with Crippen LogP contribution in [-0.4, -0.2) is 68.4 Å². The molecule has 32 heavy (non-hydrogen) atoms. The minimum absolute atomic E-state index is 0.0780. The van der Waals surface area contributed by atoms with Gasteiger partial charge in [0.05, 0.1) is 12.3 Å². The van der Waals surface area contributed by atoms with Crippen LogP contribution in [0, 0.1) is 18.8 Å².